The first-order valence-electron chi connectivity index (χ1n) is 6.15. The van der Waals surface area contributed by atoms with Crippen LogP contribution in [0, 0.1) is 6.92 Å². The third kappa shape index (κ3) is 4.50. The first-order chi connectivity index (χ1) is 9.19. The molecule has 110 valence electrons. The van der Waals surface area contributed by atoms with E-state index in [4.69, 9.17) is 16.3 Å². The van der Waals surface area contributed by atoms with Crippen molar-refractivity contribution in [3.63, 3.8) is 0 Å². The molecular formula is C15H19ClO3S. The van der Waals surface area contributed by atoms with Gasteiger partial charge in [-0.05, 0) is 39.0 Å². The summed E-state index contributed by atoms with van der Waals surface area (Å²) in [5, 5.41) is 0.333. The van der Waals surface area contributed by atoms with Crippen molar-refractivity contribution in [2.45, 2.75) is 31.3 Å². The van der Waals surface area contributed by atoms with Crippen LogP contribution < -0.4 is 0 Å². The number of aryl methyl sites for hydroxylation is 1. The standard InChI is InChI=1S/C15H19ClO3S/c1-12-7-9-13(10-8-12)20(17,18)11-5-6-14(16)15(2,3)19-4/h5,7-10H,11H2,1-4H3. The molecule has 0 radical (unpaired) electrons. The van der Waals surface area contributed by atoms with Gasteiger partial charge in [0.15, 0.2) is 9.84 Å². The summed E-state index contributed by atoms with van der Waals surface area (Å²) in [4.78, 5) is 0.295. The molecule has 0 spiro atoms. The van der Waals surface area contributed by atoms with Gasteiger partial charge in [0.2, 0.25) is 0 Å². The van der Waals surface area contributed by atoms with Gasteiger partial charge in [0.05, 0.1) is 15.7 Å². The van der Waals surface area contributed by atoms with Gasteiger partial charge >= 0.3 is 0 Å². The van der Waals surface area contributed by atoms with Gasteiger partial charge in [-0.1, -0.05) is 29.3 Å². The van der Waals surface area contributed by atoms with Crippen LogP contribution in [0.3, 0.4) is 0 Å². The number of sulfone groups is 1. The molecule has 1 aromatic rings. The molecule has 0 atom stereocenters. The monoisotopic (exact) mass is 314 g/mol. The highest BCUT2D eigenvalue weighted by Crippen LogP contribution is 2.22. The van der Waals surface area contributed by atoms with Gasteiger partial charge in [-0.3, -0.25) is 0 Å². The first-order valence-corrected chi connectivity index (χ1v) is 8.18. The highest BCUT2D eigenvalue weighted by molar-refractivity contribution is 7.91. The first kappa shape index (κ1) is 17.0. The van der Waals surface area contributed by atoms with E-state index in [0.29, 0.717) is 9.93 Å². The Morgan fingerprint density at radius 3 is 2.40 bits per heavy atom. The second kappa shape index (κ2) is 6.59. The Balaban J connectivity index is 2.94. The summed E-state index contributed by atoms with van der Waals surface area (Å²) in [6.45, 7) is 5.47. The van der Waals surface area contributed by atoms with Crippen LogP contribution in [-0.2, 0) is 14.6 Å². The molecule has 0 aliphatic carbocycles. The molecule has 0 aliphatic heterocycles. The highest BCUT2D eigenvalue weighted by Gasteiger charge is 2.20. The Morgan fingerprint density at radius 2 is 1.90 bits per heavy atom. The van der Waals surface area contributed by atoms with Gasteiger partial charge in [-0.25, -0.2) is 8.42 Å². The van der Waals surface area contributed by atoms with Crippen molar-refractivity contribution in [1.29, 1.82) is 0 Å². The predicted molar refractivity (Wildman–Crippen MR) is 81.8 cm³/mol. The van der Waals surface area contributed by atoms with Crippen LogP contribution in [-0.4, -0.2) is 26.9 Å². The molecule has 1 rings (SSSR count). The molecule has 0 saturated heterocycles. The Bertz CT molecular complexity index is 622. The number of methoxy groups -OCH3 is 1. The van der Waals surface area contributed by atoms with Gasteiger partial charge in [-0.2, -0.15) is 0 Å². The molecule has 0 saturated carbocycles. The van der Waals surface area contributed by atoms with E-state index in [1.165, 1.54) is 13.2 Å². The largest absolute Gasteiger partial charge is 0.373 e. The summed E-state index contributed by atoms with van der Waals surface area (Å²) >= 11 is 6.02. The molecule has 3 nitrogen and oxygen atoms in total. The van der Waals surface area contributed by atoms with Crippen molar-refractivity contribution in [3.8, 4) is 0 Å². The third-order valence-corrected chi connectivity index (χ3v) is 5.11. The van der Waals surface area contributed by atoms with Crippen molar-refractivity contribution < 1.29 is 13.2 Å². The number of halogens is 1. The molecule has 0 bridgehead atoms. The molecule has 0 N–H and O–H groups in total. The van der Waals surface area contributed by atoms with E-state index in [1.54, 1.807) is 38.1 Å². The van der Waals surface area contributed by atoms with Crippen LogP contribution in [0.15, 0.2) is 46.0 Å². The van der Waals surface area contributed by atoms with Gasteiger partial charge in [-0.15, -0.1) is 5.73 Å². The van der Waals surface area contributed by atoms with Crippen molar-refractivity contribution in [3.05, 3.63) is 46.7 Å². The molecule has 1 aromatic carbocycles. The molecule has 5 heteroatoms. The zero-order chi connectivity index (χ0) is 15.4. The normalized spacial score (nSPS) is 11.8. The van der Waals surface area contributed by atoms with E-state index in [1.807, 2.05) is 6.92 Å². The number of benzene rings is 1. The Hall–Kier alpha value is -1.06. The summed E-state index contributed by atoms with van der Waals surface area (Å²) < 4.78 is 29.4. The molecule has 0 aromatic heterocycles. The molecule has 0 heterocycles. The van der Waals surface area contributed by atoms with E-state index >= 15 is 0 Å². The number of hydrogen-bond donors (Lipinski definition) is 0. The summed E-state index contributed by atoms with van der Waals surface area (Å²) in [5.74, 6) is -0.147. The van der Waals surface area contributed by atoms with Gasteiger partial charge in [0.25, 0.3) is 0 Å². The topological polar surface area (TPSA) is 43.4 Å². The van der Waals surface area contributed by atoms with Crippen LogP contribution in [0.4, 0.5) is 0 Å². The molecule has 0 aliphatic rings. The molecule has 20 heavy (non-hydrogen) atoms. The quantitative estimate of drug-likeness (QED) is 0.782. The second-order valence-electron chi connectivity index (χ2n) is 4.97. The lowest BCUT2D eigenvalue weighted by Gasteiger charge is -2.20. The third-order valence-electron chi connectivity index (χ3n) is 2.95. The van der Waals surface area contributed by atoms with Crippen molar-refractivity contribution in [1.82, 2.24) is 0 Å². The molecule has 0 amide bonds. The van der Waals surface area contributed by atoms with Gasteiger partial charge < -0.3 is 4.74 Å². The van der Waals surface area contributed by atoms with E-state index < -0.39 is 15.4 Å². The number of hydrogen-bond acceptors (Lipinski definition) is 3. The average Bonchev–Trinajstić information content (AvgIpc) is 2.38. The Labute approximate surface area is 125 Å². The maximum absolute atomic E-state index is 12.1. The van der Waals surface area contributed by atoms with Crippen LogP contribution in [0.2, 0.25) is 0 Å². The van der Waals surface area contributed by atoms with Crippen LogP contribution >= 0.6 is 11.6 Å². The fourth-order valence-corrected chi connectivity index (χ4v) is 2.55. The van der Waals surface area contributed by atoms with Gasteiger partial charge in [0.1, 0.15) is 5.60 Å². The average molecular weight is 315 g/mol. The van der Waals surface area contributed by atoms with E-state index in [2.05, 4.69) is 5.73 Å². The second-order valence-corrected chi connectivity index (χ2v) is 7.38. The zero-order valence-electron chi connectivity index (χ0n) is 12.1. The van der Waals surface area contributed by atoms with E-state index in [0.717, 1.165) is 5.56 Å². The Morgan fingerprint density at radius 1 is 1.35 bits per heavy atom. The Kier molecular flexibility index (Phi) is 5.60. The minimum Gasteiger partial charge on any atom is -0.373 e. The van der Waals surface area contributed by atoms with Gasteiger partial charge in [0, 0.05) is 7.11 Å². The van der Waals surface area contributed by atoms with Crippen LogP contribution in [0.5, 0.6) is 0 Å². The van der Waals surface area contributed by atoms with Crippen LogP contribution in [0.25, 0.3) is 0 Å². The summed E-state index contributed by atoms with van der Waals surface area (Å²) in [7, 11) is -1.82. The van der Waals surface area contributed by atoms with E-state index in [9.17, 15) is 8.42 Å². The summed E-state index contributed by atoms with van der Waals surface area (Å²) in [6.07, 6.45) is 1.41. The molecule has 0 unspecified atom stereocenters. The minimum atomic E-state index is -3.36. The SMILES string of the molecule is COC(C)(C)C(Cl)=C=CCS(=O)(=O)c1ccc(C)cc1. The smallest absolute Gasteiger partial charge is 0.182 e. The minimum absolute atomic E-state index is 0.147. The lowest BCUT2D eigenvalue weighted by molar-refractivity contribution is 0.0617. The molecule has 0 fully saturated rings. The summed E-state index contributed by atoms with van der Waals surface area (Å²) in [5.41, 5.74) is 3.11. The molecular weight excluding hydrogens is 296 g/mol. The highest BCUT2D eigenvalue weighted by atomic mass is 35.5. The zero-order valence-corrected chi connectivity index (χ0v) is 13.7. The lowest BCUT2D eigenvalue weighted by atomic mass is 10.1. The summed E-state index contributed by atoms with van der Waals surface area (Å²) in [6, 6.07) is 6.74. The van der Waals surface area contributed by atoms with E-state index in [-0.39, 0.29) is 5.75 Å². The van der Waals surface area contributed by atoms with Crippen molar-refractivity contribution in [2.75, 3.05) is 12.9 Å². The van der Waals surface area contributed by atoms with Crippen molar-refractivity contribution >= 4 is 21.4 Å². The van der Waals surface area contributed by atoms with Crippen molar-refractivity contribution in [2.24, 2.45) is 0 Å². The van der Waals surface area contributed by atoms with Crippen LogP contribution in [0.1, 0.15) is 19.4 Å². The number of ether oxygens (including phenoxy) is 1. The number of rotatable bonds is 5. The lowest BCUT2D eigenvalue weighted by Crippen LogP contribution is -2.22. The fourth-order valence-electron chi connectivity index (χ4n) is 1.35. The fraction of sp³-hybridized carbons (Fsp3) is 0.400. The maximum atomic E-state index is 12.1. The predicted octanol–water partition coefficient (Wildman–Crippen LogP) is 3.47. The maximum Gasteiger partial charge on any atom is 0.182 e.